The van der Waals surface area contributed by atoms with Crippen molar-refractivity contribution < 1.29 is 9.47 Å². The second-order valence-corrected chi connectivity index (χ2v) is 22.6. The summed E-state index contributed by atoms with van der Waals surface area (Å²) in [7, 11) is -1.59. The zero-order valence-corrected chi connectivity index (χ0v) is 42.5. The average Bonchev–Trinajstić information content (AvgIpc) is 4.17. The lowest BCUT2D eigenvalue weighted by Gasteiger charge is -2.29. The van der Waals surface area contributed by atoms with Gasteiger partial charge in [-0.25, -0.2) is 0 Å². The Labute approximate surface area is 420 Å². The Morgan fingerprint density at radius 1 is 0.400 bits per heavy atom. The van der Waals surface area contributed by atoms with Gasteiger partial charge in [0.15, 0.2) is 0 Å². The zero-order valence-electron chi connectivity index (χ0n) is 40.7. The van der Waals surface area contributed by atoms with E-state index in [0.717, 1.165) is 59.4 Å². The van der Waals surface area contributed by atoms with Gasteiger partial charge in [-0.1, -0.05) is 234 Å². The topological polar surface area (TPSA) is 18.5 Å². The van der Waals surface area contributed by atoms with Crippen LogP contribution in [-0.4, -0.2) is 13.2 Å². The van der Waals surface area contributed by atoms with Gasteiger partial charge in [-0.15, -0.1) is 11.5 Å². The molecule has 9 rings (SSSR count). The molecule has 0 fully saturated rings. The van der Waals surface area contributed by atoms with Gasteiger partial charge < -0.3 is 9.47 Å². The molecule has 0 amide bonds. The van der Waals surface area contributed by atoms with E-state index >= 15 is 0 Å². The summed E-state index contributed by atoms with van der Waals surface area (Å²) in [6, 6.07) is 67.2. The molecular formula is C66H64O2P2. The Bertz CT molecular complexity index is 2850. The van der Waals surface area contributed by atoms with E-state index < -0.39 is 15.8 Å². The van der Waals surface area contributed by atoms with E-state index in [9.17, 15) is 0 Å². The second-order valence-electron chi connectivity index (χ2n) is 18.0. The van der Waals surface area contributed by atoms with Crippen LogP contribution < -0.4 is 30.7 Å². The smallest absolute Gasteiger partial charge is 0.131 e. The fourth-order valence-corrected chi connectivity index (χ4v) is 15.2. The van der Waals surface area contributed by atoms with Gasteiger partial charge in [0.2, 0.25) is 0 Å². The number of benzene rings is 7. The Hall–Kier alpha value is -6.48. The summed E-state index contributed by atoms with van der Waals surface area (Å²) in [4.78, 5) is 0. The van der Waals surface area contributed by atoms with Gasteiger partial charge >= 0.3 is 0 Å². The van der Waals surface area contributed by atoms with Crippen molar-refractivity contribution in [3.8, 4) is 33.8 Å². The van der Waals surface area contributed by atoms with Crippen LogP contribution in [0.1, 0.15) is 87.7 Å². The van der Waals surface area contributed by atoms with Crippen LogP contribution >= 0.6 is 15.8 Å². The van der Waals surface area contributed by atoms with Crippen LogP contribution in [0.4, 0.5) is 0 Å². The van der Waals surface area contributed by atoms with Crippen LogP contribution in [0.3, 0.4) is 0 Å². The molecule has 0 radical (unpaired) electrons. The second kappa shape index (κ2) is 24.9. The highest BCUT2D eigenvalue weighted by Crippen LogP contribution is 2.56. The average molecular weight is 951 g/mol. The van der Waals surface area contributed by atoms with Crippen molar-refractivity contribution in [2.24, 2.45) is 0 Å². The number of allylic oxidation sites excluding steroid dienone is 6. The molecule has 0 bridgehead atoms. The molecule has 2 atom stereocenters. The van der Waals surface area contributed by atoms with E-state index in [2.05, 4.69) is 244 Å². The maximum Gasteiger partial charge on any atom is 0.131 e. The van der Waals surface area contributed by atoms with Crippen LogP contribution in [-0.2, 0) is 0 Å². The molecule has 0 saturated heterocycles. The zero-order chi connectivity index (χ0) is 47.7. The molecular weight excluding hydrogens is 887 g/mol. The molecule has 2 aliphatic carbocycles. The molecule has 2 aliphatic rings. The van der Waals surface area contributed by atoms with E-state index in [0.29, 0.717) is 13.2 Å². The SMILES string of the molecule is CCCCCCOc1cc(-c2ccc(C(C3=C=CC=C3)P(c3ccccc3)c3ccccc3)cc2)cc(OCCCCCC)c1-c1ccc(C(C2=C=CC=C2)P(c2ccccc2)c2ccccc2)cc1. The minimum atomic E-state index is -0.801. The molecule has 0 saturated carbocycles. The van der Waals surface area contributed by atoms with Gasteiger partial charge in [0.1, 0.15) is 11.5 Å². The number of hydrogen-bond donors (Lipinski definition) is 0. The fourth-order valence-electron chi connectivity index (χ4n) is 9.59. The first kappa shape index (κ1) is 48.5. The Morgan fingerprint density at radius 3 is 1.11 bits per heavy atom. The first-order chi connectivity index (χ1) is 34.7. The summed E-state index contributed by atoms with van der Waals surface area (Å²) in [5.41, 5.74) is 16.8. The molecule has 7 aromatic rings. The standard InChI is InChI=1S/C66H64O2P2/c1-3-5-7-25-47-67-62-49-57(51-39-43-55(44-40-51)65(53-27-21-22-28-53)69(58-31-13-9-14-32-58)59-33-15-10-16-34-59)50-63(68-48-26-8-6-4-2)64(62)52-41-45-56(46-42-52)66(54-29-23-24-30-54)70(60-35-17-11-18-36-60)61-37-19-12-20-38-61/h9-24,27,29,31-46,49-50,65-66H,3-8,25-26,47-48H2,1-2H3. The third-order valence-electron chi connectivity index (χ3n) is 13.1. The molecule has 2 unspecified atom stereocenters. The lowest BCUT2D eigenvalue weighted by atomic mass is 9.95. The van der Waals surface area contributed by atoms with E-state index in [1.54, 1.807) is 0 Å². The molecule has 0 aliphatic heterocycles. The fraction of sp³-hybridized carbons (Fsp3) is 0.212. The highest BCUT2D eigenvalue weighted by molar-refractivity contribution is 7.74. The maximum absolute atomic E-state index is 6.93. The van der Waals surface area contributed by atoms with Gasteiger partial charge in [-0.2, -0.15) is 0 Å². The number of ether oxygens (including phenoxy) is 2. The van der Waals surface area contributed by atoms with Crippen LogP contribution in [0.5, 0.6) is 11.5 Å². The van der Waals surface area contributed by atoms with E-state index in [4.69, 9.17) is 9.47 Å². The third kappa shape index (κ3) is 11.9. The summed E-state index contributed by atoms with van der Waals surface area (Å²) in [6.07, 6.45) is 21.9. The molecule has 70 heavy (non-hydrogen) atoms. The minimum absolute atomic E-state index is 0.117. The first-order valence-corrected chi connectivity index (χ1v) is 28.2. The summed E-state index contributed by atoms with van der Waals surface area (Å²) >= 11 is 0. The van der Waals surface area contributed by atoms with Crippen molar-refractivity contribution in [1.82, 2.24) is 0 Å². The van der Waals surface area contributed by atoms with Gasteiger partial charge in [-0.3, -0.25) is 0 Å². The summed E-state index contributed by atoms with van der Waals surface area (Å²) < 4.78 is 13.9. The third-order valence-corrected chi connectivity index (χ3v) is 18.7. The van der Waals surface area contributed by atoms with Gasteiger partial charge in [0, 0.05) is 22.5 Å². The number of hydrogen-bond acceptors (Lipinski definition) is 2. The number of rotatable bonds is 24. The molecule has 0 spiro atoms. The van der Waals surface area contributed by atoms with E-state index in [1.165, 1.54) is 69.2 Å². The predicted molar refractivity (Wildman–Crippen MR) is 302 cm³/mol. The van der Waals surface area contributed by atoms with Crippen molar-refractivity contribution in [2.45, 2.75) is 76.5 Å². The van der Waals surface area contributed by atoms with Gasteiger partial charge in [-0.05, 0) is 114 Å². The summed E-state index contributed by atoms with van der Waals surface area (Å²) in [5.74, 6) is 1.74. The van der Waals surface area contributed by atoms with E-state index in [1.807, 2.05) is 0 Å². The number of unbranched alkanes of at least 4 members (excludes halogenated alkanes) is 6. The van der Waals surface area contributed by atoms with E-state index in [-0.39, 0.29) is 11.3 Å². The highest BCUT2D eigenvalue weighted by Gasteiger charge is 2.31. The lowest BCUT2D eigenvalue weighted by Crippen LogP contribution is -2.18. The Morgan fingerprint density at radius 2 is 0.771 bits per heavy atom. The van der Waals surface area contributed by atoms with Crippen LogP contribution in [0, 0.1) is 0 Å². The quantitative estimate of drug-likeness (QED) is 0.0341. The van der Waals surface area contributed by atoms with Crippen molar-refractivity contribution in [2.75, 3.05) is 13.2 Å². The molecule has 7 aromatic carbocycles. The largest absolute Gasteiger partial charge is 0.493 e. The van der Waals surface area contributed by atoms with Gasteiger partial charge in [0.25, 0.3) is 0 Å². The summed E-state index contributed by atoms with van der Waals surface area (Å²) in [6.45, 7) is 5.82. The monoisotopic (exact) mass is 950 g/mol. The van der Waals surface area contributed by atoms with Crippen molar-refractivity contribution in [3.05, 3.63) is 252 Å². The maximum atomic E-state index is 6.93. The van der Waals surface area contributed by atoms with Crippen LogP contribution in [0.2, 0.25) is 0 Å². The molecule has 2 nitrogen and oxygen atoms in total. The first-order valence-electron chi connectivity index (χ1n) is 25.4. The van der Waals surface area contributed by atoms with Crippen molar-refractivity contribution in [1.29, 1.82) is 0 Å². The molecule has 350 valence electrons. The predicted octanol–water partition coefficient (Wildman–Crippen LogP) is 16.6. The van der Waals surface area contributed by atoms with Crippen LogP contribution in [0.25, 0.3) is 22.3 Å². The van der Waals surface area contributed by atoms with Crippen LogP contribution in [0.15, 0.2) is 241 Å². The normalized spacial score (nSPS) is 13.5. The van der Waals surface area contributed by atoms with Crippen molar-refractivity contribution in [3.63, 3.8) is 0 Å². The Kier molecular flexibility index (Phi) is 17.3. The summed E-state index contributed by atoms with van der Waals surface area (Å²) in [5, 5.41) is 5.40. The van der Waals surface area contributed by atoms with Crippen molar-refractivity contribution >= 4 is 37.1 Å². The molecule has 4 heteroatoms. The molecule has 0 aromatic heterocycles. The highest BCUT2D eigenvalue weighted by atomic mass is 31.1. The Balaban J connectivity index is 1.12. The van der Waals surface area contributed by atoms with Gasteiger partial charge in [0.05, 0.1) is 18.8 Å². The molecule has 0 heterocycles. The molecule has 0 N–H and O–H groups in total. The lowest BCUT2D eigenvalue weighted by molar-refractivity contribution is 0.293. The minimum Gasteiger partial charge on any atom is -0.493 e.